The number of rotatable bonds is 9. The maximum Gasteiger partial charge on any atom is 0.293 e. The molecule has 0 saturated carbocycles. The highest BCUT2D eigenvalue weighted by Crippen LogP contribution is 2.05. The van der Waals surface area contributed by atoms with Crippen molar-refractivity contribution in [3.8, 4) is 0 Å². The quantitative estimate of drug-likeness (QED) is 0.302. The van der Waals surface area contributed by atoms with Gasteiger partial charge in [0.25, 0.3) is 6.47 Å². The lowest BCUT2D eigenvalue weighted by atomic mass is 10.1. The molecule has 0 fully saturated rings. The van der Waals surface area contributed by atoms with Crippen molar-refractivity contribution in [3.63, 3.8) is 0 Å². The highest BCUT2D eigenvalue weighted by molar-refractivity contribution is 5.36. The lowest BCUT2D eigenvalue weighted by Crippen LogP contribution is -1.91. The Bertz CT molecular complexity index is 96.4. The van der Waals surface area contributed by atoms with Gasteiger partial charge in [0.1, 0.15) is 0 Å². The third-order valence-electron chi connectivity index (χ3n) is 1.74. The number of carbonyl (C=O) groups excluding carboxylic acids is 1. The third-order valence-corrected chi connectivity index (χ3v) is 1.74. The first-order chi connectivity index (χ1) is 5.91. The molecular formula is C10H18O2. The second kappa shape index (κ2) is 10.2. The van der Waals surface area contributed by atoms with Crippen molar-refractivity contribution in [2.45, 2.75) is 38.5 Å². The van der Waals surface area contributed by atoms with Crippen LogP contribution in [0.2, 0.25) is 0 Å². The molecular weight excluding hydrogens is 152 g/mol. The number of carbonyl (C=O) groups is 1. The van der Waals surface area contributed by atoms with Gasteiger partial charge >= 0.3 is 0 Å². The average molecular weight is 170 g/mol. The first-order valence-electron chi connectivity index (χ1n) is 4.58. The summed E-state index contributed by atoms with van der Waals surface area (Å²) in [4.78, 5) is 9.75. The van der Waals surface area contributed by atoms with Crippen LogP contribution in [0.4, 0.5) is 0 Å². The SMILES string of the molecule is C=CCCCCCCCOC=O. The second-order valence-electron chi connectivity index (χ2n) is 2.81. The monoisotopic (exact) mass is 170 g/mol. The van der Waals surface area contributed by atoms with Crippen LogP contribution in [0.25, 0.3) is 0 Å². The summed E-state index contributed by atoms with van der Waals surface area (Å²) in [6, 6.07) is 0. The van der Waals surface area contributed by atoms with Gasteiger partial charge in [0.05, 0.1) is 6.61 Å². The van der Waals surface area contributed by atoms with Crippen LogP contribution in [0.15, 0.2) is 12.7 Å². The van der Waals surface area contributed by atoms with Gasteiger partial charge in [-0.2, -0.15) is 0 Å². The predicted octanol–water partition coefficient (Wildman–Crippen LogP) is 2.69. The first-order valence-corrected chi connectivity index (χ1v) is 4.58. The van der Waals surface area contributed by atoms with E-state index in [9.17, 15) is 4.79 Å². The lowest BCUT2D eigenvalue weighted by molar-refractivity contribution is -0.128. The molecule has 70 valence electrons. The highest BCUT2D eigenvalue weighted by Gasteiger charge is 1.89. The van der Waals surface area contributed by atoms with Gasteiger partial charge in [0, 0.05) is 0 Å². The van der Waals surface area contributed by atoms with Crippen LogP contribution in [0.1, 0.15) is 38.5 Å². The van der Waals surface area contributed by atoms with Crippen molar-refractivity contribution in [2.75, 3.05) is 6.61 Å². The van der Waals surface area contributed by atoms with Crippen molar-refractivity contribution >= 4 is 6.47 Å². The molecule has 0 saturated heterocycles. The largest absolute Gasteiger partial charge is 0.468 e. The van der Waals surface area contributed by atoms with E-state index >= 15 is 0 Å². The van der Waals surface area contributed by atoms with Gasteiger partial charge in [-0.1, -0.05) is 25.3 Å². The molecule has 2 heteroatoms. The fraction of sp³-hybridized carbons (Fsp3) is 0.700. The molecule has 0 spiro atoms. The average Bonchev–Trinajstić information content (AvgIpc) is 2.10. The zero-order valence-electron chi connectivity index (χ0n) is 7.63. The molecule has 0 amide bonds. The molecule has 2 nitrogen and oxygen atoms in total. The van der Waals surface area contributed by atoms with Gasteiger partial charge in [0.2, 0.25) is 0 Å². The minimum Gasteiger partial charge on any atom is -0.468 e. The summed E-state index contributed by atoms with van der Waals surface area (Å²) in [5.74, 6) is 0. The summed E-state index contributed by atoms with van der Waals surface area (Å²) in [5.41, 5.74) is 0. The molecule has 0 aromatic rings. The van der Waals surface area contributed by atoms with Crippen LogP contribution >= 0.6 is 0 Å². The molecule has 0 bridgehead atoms. The van der Waals surface area contributed by atoms with Crippen molar-refractivity contribution < 1.29 is 9.53 Å². The Morgan fingerprint density at radius 1 is 1.08 bits per heavy atom. The van der Waals surface area contributed by atoms with E-state index in [2.05, 4.69) is 11.3 Å². The van der Waals surface area contributed by atoms with Crippen molar-refractivity contribution in [1.82, 2.24) is 0 Å². The molecule has 0 N–H and O–H groups in total. The van der Waals surface area contributed by atoms with Crippen molar-refractivity contribution in [3.05, 3.63) is 12.7 Å². The number of hydrogen-bond donors (Lipinski definition) is 0. The van der Waals surface area contributed by atoms with E-state index in [1.165, 1.54) is 19.3 Å². The predicted molar refractivity (Wildman–Crippen MR) is 49.9 cm³/mol. The lowest BCUT2D eigenvalue weighted by Gasteiger charge is -1.98. The standard InChI is InChI=1S/C10H18O2/c1-2-3-4-5-6-7-8-9-12-10-11/h2,10H,1,3-9H2. The maximum atomic E-state index is 9.75. The van der Waals surface area contributed by atoms with Crippen molar-refractivity contribution in [1.29, 1.82) is 0 Å². The molecule has 0 aromatic carbocycles. The van der Waals surface area contributed by atoms with E-state index in [-0.39, 0.29) is 0 Å². The number of allylic oxidation sites excluding steroid dienone is 1. The van der Waals surface area contributed by atoms with E-state index in [4.69, 9.17) is 0 Å². The minimum atomic E-state index is 0.512. The molecule has 0 atom stereocenters. The summed E-state index contributed by atoms with van der Waals surface area (Å²) in [6.07, 6.45) is 8.94. The maximum absolute atomic E-state index is 9.75. The molecule has 0 unspecified atom stereocenters. The zero-order chi connectivity index (χ0) is 9.07. The first kappa shape index (κ1) is 11.2. The van der Waals surface area contributed by atoms with Crippen LogP contribution in [-0.4, -0.2) is 13.1 Å². The number of unbranched alkanes of at least 4 members (excludes halogenated alkanes) is 5. The topological polar surface area (TPSA) is 26.3 Å². The summed E-state index contributed by atoms with van der Waals surface area (Å²) in [6.45, 7) is 4.75. The number of hydrogen-bond acceptors (Lipinski definition) is 2. The normalized spacial score (nSPS) is 9.33. The van der Waals surface area contributed by atoms with Gasteiger partial charge in [0.15, 0.2) is 0 Å². The summed E-state index contributed by atoms with van der Waals surface area (Å²) >= 11 is 0. The minimum absolute atomic E-state index is 0.512. The summed E-state index contributed by atoms with van der Waals surface area (Å²) < 4.78 is 4.56. The molecule has 0 rings (SSSR count). The molecule has 0 radical (unpaired) electrons. The van der Waals surface area contributed by atoms with Crippen LogP contribution in [-0.2, 0) is 9.53 Å². The molecule has 0 aliphatic rings. The van der Waals surface area contributed by atoms with Gasteiger partial charge < -0.3 is 4.74 Å². The van der Waals surface area contributed by atoms with Gasteiger partial charge in [-0.3, -0.25) is 4.79 Å². The summed E-state index contributed by atoms with van der Waals surface area (Å²) in [7, 11) is 0. The smallest absolute Gasteiger partial charge is 0.293 e. The fourth-order valence-corrected chi connectivity index (χ4v) is 1.05. The van der Waals surface area contributed by atoms with E-state index in [1.807, 2.05) is 6.08 Å². The Morgan fingerprint density at radius 3 is 2.42 bits per heavy atom. The molecule has 0 heterocycles. The van der Waals surface area contributed by atoms with Crippen LogP contribution in [0, 0.1) is 0 Å². The van der Waals surface area contributed by atoms with Gasteiger partial charge in [-0.05, 0) is 19.3 Å². The van der Waals surface area contributed by atoms with E-state index in [0.717, 1.165) is 19.3 Å². The molecule has 12 heavy (non-hydrogen) atoms. The Morgan fingerprint density at radius 2 is 1.75 bits per heavy atom. The third kappa shape index (κ3) is 9.21. The fourth-order valence-electron chi connectivity index (χ4n) is 1.05. The number of ether oxygens (including phenoxy) is 1. The summed E-state index contributed by atoms with van der Waals surface area (Å²) in [5, 5.41) is 0. The van der Waals surface area contributed by atoms with Crippen LogP contribution < -0.4 is 0 Å². The molecule has 0 aliphatic carbocycles. The zero-order valence-corrected chi connectivity index (χ0v) is 7.63. The molecule has 0 aromatic heterocycles. The van der Waals surface area contributed by atoms with Crippen LogP contribution in [0.3, 0.4) is 0 Å². The Labute approximate surface area is 74.6 Å². The van der Waals surface area contributed by atoms with E-state index in [0.29, 0.717) is 13.1 Å². The van der Waals surface area contributed by atoms with Crippen LogP contribution in [0.5, 0.6) is 0 Å². The van der Waals surface area contributed by atoms with E-state index in [1.54, 1.807) is 0 Å². The van der Waals surface area contributed by atoms with Crippen molar-refractivity contribution in [2.24, 2.45) is 0 Å². The molecule has 0 aliphatic heterocycles. The second-order valence-corrected chi connectivity index (χ2v) is 2.81. The Hall–Kier alpha value is -0.790. The van der Waals surface area contributed by atoms with E-state index < -0.39 is 0 Å². The van der Waals surface area contributed by atoms with Gasteiger partial charge in [-0.25, -0.2) is 0 Å². The highest BCUT2D eigenvalue weighted by atomic mass is 16.5. The van der Waals surface area contributed by atoms with Gasteiger partial charge in [-0.15, -0.1) is 6.58 Å². The Balaban J connectivity index is 2.81. The Kier molecular flexibility index (Phi) is 9.54.